The smallest absolute Gasteiger partial charge is 0.421 e. The molecule has 1 saturated carbocycles. The van der Waals surface area contributed by atoms with Crippen molar-refractivity contribution in [1.29, 1.82) is 0 Å². The van der Waals surface area contributed by atoms with Crippen LogP contribution in [-0.4, -0.2) is 79.5 Å². The van der Waals surface area contributed by atoms with Crippen LogP contribution in [0.25, 0.3) is 33.8 Å². The molecule has 4 heterocycles. The number of aromatic amines is 1. The fraction of sp³-hybridized carbons (Fsp3) is 0.514. The van der Waals surface area contributed by atoms with E-state index in [2.05, 4.69) is 19.9 Å². The summed E-state index contributed by atoms with van der Waals surface area (Å²) in [5, 5.41) is 0. The molecule has 51 heavy (non-hydrogen) atoms. The Morgan fingerprint density at radius 1 is 1.08 bits per heavy atom. The third-order valence-electron chi connectivity index (χ3n) is 9.96. The SMILES string of the molecule is CCOC(=O)C1CCN(c2ccc(-c3nc4nc(-c5cnc(OCC)c(C(F)(F)F)c5)cc(N(C)CC5(COC)CCCC5)c4[nH]3)c(F)c2)CC1. The Labute approximate surface area is 294 Å². The Bertz CT molecular complexity index is 1850. The second kappa shape index (κ2) is 15.0. The Balaban J connectivity index is 1.37. The first kappa shape index (κ1) is 36.3. The normalized spacial score (nSPS) is 16.5. The van der Waals surface area contributed by atoms with E-state index in [4.69, 9.17) is 14.2 Å². The first-order valence-electron chi connectivity index (χ1n) is 17.5. The van der Waals surface area contributed by atoms with Crippen molar-refractivity contribution in [2.24, 2.45) is 11.3 Å². The summed E-state index contributed by atoms with van der Waals surface area (Å²) in [6.45, 7) is 6.13. The Morgan fingerprint density at radius 3 is 2.47 bits per heavy atom. The second-order valence-corrected chi connectivity index (χ2v) is 13.5. The van der Waals surface area contributed by atoms with Crippen LogP contribution in [0.15, 0.2) is 36.5 Å². The van der Waals surface area contributed by atoms with Crippen LogP contribution in [0.1, 0.15) is 57.9 Å². The van der Waals surface area contributed by atoms with E-state index < -0.39 is 23.4 Å². The number of rotatable bonds is 12. The number of methoxy groups -OCH3 is 1. The van der Waals surface area contributed by atoms with Crippen LogP contribution >= 0.6 is 0 Å². The highest BCUT2D eigenvalue weighted by molar-refractivity contribution is 5.91. The largest absolute Gasteiger partial charge is 0.478 e. The average Bonchev–Trinajstić information content (AvgIpc) is 3.75. The van der Waals surface area contributed by atoms with Crippen LogP contribution in [0.2, 0.25) is 0 Å². The summed E-state index contributed by atoms with van der Waals surface area (Å²) in [7, 11) is 3.61. The molecular formula is C37H44F4N6O4. The predicted octanol–water partition coefficient (Wildman–Crippen LogP) is 7.67. The van der Waals surface area contributed by atoms with Crippen LogP contribution in [-0.2, 0) is 20.4 Å². The maximum atomic E-state index is 15.9. The zero-order valence-electron chi connectivity index (χ0n) is 29.4. The van der Waals surface area contributed by atoms with Gasteiger partial charge in [0.2, 0.25) is 5.88 Å². The molecule has 274 valence electrons. The molecule has 4 aromatic rings. The number of ether oxygens (including phenoxy) is 3. The van der Waals surface area contributed by atoms with Crippen molar-refractivity contribution in [3.63, 3.8) is 0 Å². The molecule has 1 aliphatic heterocycles. The third kappa shape index (κ3) is 7.75. The molecule has 10 nitrogen and oxygen atoms in total. The lowest BCUT2D eigenvalue weighted by atomic mass is 9.86. The zero-order chi connectivity index (χ0) is 36.3. The molecule has 0 spiro atoms. The van der Waals surface area contributed by atoms with E-state index in [0.717, 1.165) is 31.7 Å². The minimum atomic E-state index is -4.70. The number of nitrogens with zero attached hydrogens (tertiary/aromatic N) is 5. The summed E-state index contributed by atoms with van der Waals surface area (Å²) in [4.78, 5) is 32.9. The molecule has 2 fully saturated rings. The highest BCUT2D eigenvalue weighted by Crippen LogP contribution is 2.42. The number of benzene rings is 1. The maximum Gasteiger partial charge on any atom is 0.421 e. The van der Waals surface area contributed by atoms with E-state index in [9.17, 15) is 18.0 Å². The predicted molar refractivity (Wildman–Crippen MR) is 186 cm³/mol. The Hall–Kier alpha value is -4.46. The van der Waals surface area contributed by atoms with Crippen molar-refractivity contribution in [3.8, 4) is 28.5 Å². The molecule has 6 rings (SSSR count). The summed E-state index contributed by atoms with van der Waals surface area (Å²) in [5.41, 5.74) is 1.60. The number of anilines is 2. The summed E-state index contributed by atoms with van der Waals surface area (Å²) < 4.78 is 74.1. The van der Waals surface area contributed by atoms with Gasteiger partial charge < -0.3 is 29.0 Å². The Morgan fingerprint density at radius 2 is 1.82 bits per heavy atom. The van der Waals surface area contributed by atoms with Crippen LogP contribution in [0, 0.1) is 17.2 Å². The van der Waals surface area contributed by atoms with Crippen molar-refractivity contribution >= 4 is 28.5 Å². The van der Waals surface area contributed by atoms with Gasteiger partial charge in [-0.3, -0.25) is 4.79 Å². The topological polar surface area (TPSA) is 106 Å². The highest BCUT2D eigenvalue weighted by Gasteiger charge is 2.37. The molecule has 14 heteroatoms. The van der Waals surface area contributed by atoms with E-state index in [-0.39, 0.29) is 52.2 Å². The summed E-state index contributed by atoms with van der Waals surface area (Å²) in [5.74, 6) is -1.12. The van der Waals surface area contributed by atoms with Crippen LogP contribution in [0.5, 0.6) is 5.88 Å². The van der Waals surface area contributed by atoms with Crippen LogP contribution < -0.4 is 14.5 Å². The van der Waals surface area contributed by atoms with Crippen LogP contribution in [0.4, 0.5) is 28.9 Å². The van der Waals surface area contributed by atoms with Crippen LogP contribution in [0.3, 0.4) is 0 Å². The zero-order valence-corrected chi connectivity index (χ0v) is 29.4. The van der Waals surface area contributed by atoms with Crippen molar-refractivity contribution in [2.75, 3.05) is 63.4 Å². The molecule has 0 amide bonds. The summed E-state index contributed by atoms with van der Waals surface area (Å²) >= 11 is 0. The number of carbonyl (C=O) groups is 1. The molecule has 0 unspecified atom stereocenters. The first-order valence-corrected chi connectivity index (χ1v) is 17.5. The maximum absolute atomic E-state index is 15.9. The molecule has 2 aliphatic rings. The number of piperidine rings is 1. The van der Waals surface area contributed by atoms with Gasteiger partial charge in [-0.2, -0.15) is 13.2 Å². The molecule has 1 saturated heterocycles. The van der Waals surface area contributed by atoms with E-state index >= 15 is 4.39 Å². The van der Waals surface area contributed by atoms with Gasteiger partial charge in [0.05, 0.1) is 42.7 Å². The number of nitrogens with one attached hydrogen (secondary N) is 1. The van der Waals surface area contributed by atoms with Gasteiger partial charge in [0.15, 0.2) is 5.65 Å². The molecule has 1 aliphatic carbocycles. The molecule has 0 bridgehead atoms. The summed E-state index contributed by atoms with van der Waals surface area (Å²) in [6.07, 6.45) is 1.98. The number of fused-ring (bicyclic) bond motifs is 1. The monoisotopic (exact) mass is 712 g/mol. The van der Waals surface area contributed by atoms with Gasteiger partial charge in [0, 0.05) is 56.7 Å². The van der Waals surface area contributed by atoms with E-state index in [1.807, 2.05) is 22.9 Å². The second-order valence-electron chi connectivity index (χ2n) is 13.5. The van der Waals surface area contributed by atoms with Gasteiger partial charge in [0.25, 0.3) is 0 Å². The molecular weight excluding hydrogens is 668 g/mol. The minimum Gasteiger partial charge on any atom is -0.478 e. The van der Waals surface area contributed by atoms with Gasteiger partial charge in [-0.1, -0.05) is 12.8 Å². The minimum absolute atomic E-state index is 0.0272. The molecule has 1 aromatic carbocycles. The van der Waals surface area contributed by atoms with Crippen molar-refractivity contribution in [3.05, 3.63) is 47.9 Å². The van der Waals surface area contributed by atoms with Crippen molar-refractivity contribution in [1.82, 2.24) is 19.9 Å². The number of pyridine rings is 2. The van der Waals surface area contributed by atoms with Gasteiger partial charge >= 0.3 is 12.1 Å². The molecule has 1 N–H and O–H groups in total. The van der Waals surface area contributed by atoms with E-state index in [1.54, 1.807) is 33.1 Å². The van der Waals surface area contributed by atoms with Gasteiger partial charge in [-0.05, 0) is 69.9 Å². The number of esters is 1. The lowest BCUT2D eigenvalue weighted by molar-refractivity contribution is -0.148. The number of hydrogen-bond donors (Lipinski definition) is 1. The van der Waals surface area contributed by atoms with Gasteiger partial charge in [0.1, 0.15) is 22.7 Å². The molecule has 3 aromatic heterocycles. The molecule has 0 atom stereocenters. The van der Waals surface area contributed by atoms with Gasteiger partial charge in [-0.25, -0.2) is 19.3 Å². The first-order chi connectivity index (χ1) is 24.4. The third-order valence-corrected chi connectivity index (χ3v) is 9.96. The number of H-pyrrole nitrogens is 1. The number of imidazole rings is 1. The molecule has 0 radical (unpaired) electrons. The number of aromatic nitrogens is 4. The van der Waals surface area contributed by atoms with Crippen molar-refractivity contribution < 1.29 is 36.6 Å². The summed E-state index contributed by atoms with van der Waals surface area (Å²) in [6, 6.07) is 7.64. The highest BCUT2D eigenvalue weighted by atomic mass is 19.4. The standard InChI is InChI=1S/C37H44F4N6O4/c1-5-50-34-27(37(39,40)41)17-24(20-42-34)29-19-30(46(3)21-36(22-49-4)13-7-8-14-36)31-33(43-29)45-32(44-31)26-10-9-25(18-28(26)38)47-15-11-23(12-16-47)35(48)51-6-2/h9-10,17-20,23H,5-8,11-16,21-22H2,1-4H3,(H,43,44,45). The average molecular weight is 713 g/mol. The number of carbonyl (C=O) groups excluding carboxylic acids is 1. The number of halogens is 4. The lowest BCUT2D eigenvalue weighted by Gasteiger charge is -2.34. The van der Waals surface area contributed by atoms with Gasteiger partial charge in [-0.15, -0.1) is 0 Å². The Kier molecular flexibility index (Phi) is 10.7. The number of hydrogen-bond acceptors (Lipinski definition) is 9. The van der Waals surface area contributed by atoms with E-state index in [1.165, 1.54) is 12.3 Å². The fourth-order valence-corrected chi connectivity index (χ4v) is 7.49. The number of alkyl halides is 3. The quantitative estimate of drug-likeness (QED) is 0.117. The fourth-order valence-electron chi connectivity index (χ4n) is 7.49. The lowest BCUT2D eigenvalue weighted by Crippen LogP contribution is -2.37. The van der Waals surface area contributed by atoms with E-state index in [0.29, 0.717) is 62.6 Å². The van der Waals surface area contributed by atoms with Crippen molar-refractivity contribution in [2.45, 2.75) is 58.5 Å².